The summed E-state index contributed by atoms with van der Waals surface area (Å²) < 4.78 is 17.4. The zero-order valence-electron chi connectivity index (χ0n) is 25.9. The van der Waals surface area contributed by atoms with Crippen molar-refractivity contribution < 1.29 is 14.2 Å². The van der Waals surface area contributed by atoms with E-state index in [0.29, 0.717) is 35.7 Å². The van der Waals surface area contributed by atoms with Crippen molar-refractivity contribution in [2.75, 3.05) is 56.7 Å². The summed E-state index contributed by atoms with van der Waals surface area (Å²) in [5, 5.41) is 25.0. The van der Waals surface area contributed by atoms with Gasteiger partial charge in [0.05, 0.1) is 38.1 Å². The topological polar surface area (TPSA) is 139 Å². The van der Waals surface area contributed by atoms with Crippen molar-refractivity contribution in [1.82, 2.24) is 35.1 Å². The molecule has 234 valence electrons. The van der Waals surface area contributed by atoms with Crippen LogP contribution < -0.4 is 19.7 Å². The molecule has 13 heteroatoms. The number of hydrogen-bond donors (Lipinski definition) is 1. The third kappa shape index (κ3) is 7.30. The SMILES string of the molecule is COc1cc(N2CCC(N3CCOCC3)CC2)ccc1Nc1ncc(-c2ccc(C#N)c(O[C@@H](C)Cn3nnc(C)n3)c2)cn1. The number of benzene rings is 2. The lowest BCUT2D eigenvalue weighted by molar-refractivity contribution is 0.0115. The number of nitrogens with one attached hydrogen (secondary N) is 1. The van der Waals surface area contributed by atoms with Gasteiger partial charge in [0.1, 0.15) is 23.7 Å². The molecule has 2 aromatic carbocycles. The van der Waals surface area contributed by atoms with Crippen LogP contribution in [-0.2, 0) is 11.3 Å². The molecule has 45 heavy (non-hydrogen) atoms. The molecule has 0 unspecified atom stereocenters. The molecular formula is C32H38N10O3. The highest BCUT2D eigenvalue weighted by molar-refractivity contribution is 5.70. The molecule has 4 heterocycles. The second-order valence-corrected chi connectivity index (χ2v) is 11.3. The second-order valence-electron chi connectivity index (χ2n) is 11.3. The summed E-state index contributed by atoms with van der Waals surface area (Å²) >= 11 is 0. The van der Waals surface area contributed by atoms with Gasteiger partial charge >= 0.3 is 0 Å². The van der Waals surface area contributed by atoms with Gasteiger partial charge in [-0.1, -0.05) is 6.07 Å². The first-order valence-corrected chi connectivity index (χ1v) is 15.3. The molecule has 0 spiro atoms. The first kappa shape index (κ1) is 30.2. The average molecular weight is 611 g/mol. The van der Waals surface area contributed by atoms with Gasteiger partial charge in [-0.15, -0.1) is 10.2 Å². The van der Waals surface area contributed by atoms with Gasteiger partial charge in [0, 0.05) is 61.9 Å². The van der Waals surface area contributed by atoms with Gasteiger partial charge in [0.2, 0.25) is 5.95 Å². The Bertz CT molecular complexity index is 1620. The molecule has 0 aliphatic carbocycles. The quantitative estimate of drug-likeness (QED) is 0.279. The van der Waals surface area contributed by atoms with E-state index in [0.717, 1.165) is 80.5 Å². The van der Waals surface area contributed by atoms with Crippen LogP contribution >= 0.6 is 0 Å². The zero-order valence-corrected chi connectivity index (χ0v) is 25.9. The Kier molecular flexibility index (Phi) is 9.33. The molecule has 1 N–H and O–H groups in total. The van der Waals surface area contributed by atoms with E-state index in [1.54, 1.807) is 32.5 Å². The Morgan fingerprint density at radius 1 is 1.02 bits per heavy atom. The third-order valence-corrected chi connectivity index (χ3v) is 8.21. The Balaban J connectivity index is 1.09. The van der Waals surface area contributed by atoms with Crippen LogP contribution in [0.2, 0.25) is 0 Å². The van der Waals surface area contributed by atoms with Crippen LogP contribution in [0.5, 0.6) is 11.5 Å². The summed E-state index contributed by atoms with van der Waals surface area (Å²) in [5.41, 5.74) is 3.99. The van der Waals surface area contributed by atoms with Crippen LogP contribution in [0.25, 0.3) is 11.1 Å². The lowest BCUT2D eigenvalue weighted by Crippen LogP contribution is -2.49. The van der Waals surface area contributed by atoms with E-state index in [1.807, 2.05) is 25.1 Å². The number of tetrazole rings is 1. The number of ether oxygens (including phenoxy) is 3. The van der Waals surface area contributed by atoms with Gasteiger partial charge < -0.3 is 24.4 Å². The molecule has 0 saturated carbocycles. The van der Waals surface area contributed by atoms with Crippen LogP contribution in [0, 0.1) is 18.3 Å². The first-order valence-electron chi connectivity index (χ1n) is 15.3. The number of aryl methyl sites for hydroxylation is 1. The molecule has 2 fully saturated rings. The maximum absolute atomic E-state index is 9.63. The Morgan fingerprint density at radius 2 is 1.80 bits per heavy atom. The van der Waals surface area contributed by atoms with Gasteiger partial charge in [-0.05, 0) is 61.7 Å². The minimum atomic E-state index is -0.285. The van der Waals surface area contributed by atoms with Gasteiger partial charge in [-0.3, -0.25) is 4.90 Å². The highest BCUT2D eigenvalue weighted by atomic mass is 16.5. The molecular weight excluding hydrogens is 572 g/mol. The third-order valence-electron chi connectivity index (χ3n) is 8.21. The van der Waals surface area contributed by atoms with E-state index >= 15 is 0 Å². The van der Waals surface area contributed by atoms with E-state index < -0.39 is 0 Å². The van der Waals surface area contributed by atoms with Crippen LogP contribution in [0.4, 0.5) is 17.3 Å². The fourth-order valence-corrected chi connectivity index (χ4v) is 5.85. The summed E-state index contributed by atoms with van der Waals surface area (Å²) in [6, 6.07) is 14.5. The van der Waals surface area contributed by atoms with Crippen molar-refractivity contribution in [3.63, 3.8) is 0 Å². The van der Waals surface area contributed by atoms with Crippen molar-refractivity contribution in [2.45, 2.75) is 45.4 Å². The van der Waals surface area contributed by atoms with Gasteiger partial charge in [0.15, 0.2) is 5.82 Å². The molecule has 1 atom stereocenters. The normalized spacial score (nSPS) is 16.6. The first-order chi connectivity index (χ1) is 22.0. The van der Waals surface area contributed by atoms with Gasteiger partial charge in [-0.25, -0.2) is 9.97 Å². The highest BCUT2D eigenvalue weighted by Crippen LogP contribution is 2.33. The Labute approximate surface area is 262 Å². The summed E-state index contributed by atoms with van der Waals surface area (Å²) in [4.78, 5) is 15.6. The van der Waals surface area contributed by atoms with Crippen LogP contribution in [0.3, 0.4) is 0 Å². The summed E-state index contributed by atoms with van der Waals surface area (Å²) in [5.74, 6) is 2.24. The van der Waals surface area contributed by atoms with Crippen LogP contribution in [0.1, 0.15) is 31.2 Å². The van der Waals surface area contributed by atoms with Crippen molar-refractivity contribution >= 4 is 17.3 Å². The van der Waals surface area contributed by atoms with E-state index in [2.05, 4.69) is 58.7 Å². The minimum absolute atomic E-state index is 0.285. The molecule has 0 radical (unpaired) electrons. The molecule has 4 aromatic rings. The summed E-state index contributed by atoms with van der Waals surface area (Å²) in [7, 11) is 1.67. The largest absolute Gasteiger partial charge is 0.494 e. The number of anilines is 3. The number of aromatic nitrogens is 6. The number of morpholine rings is 1. The Hall–Kier alpha value is -4.80. The molecule has 2 aliphatic heterocycles. The fourth-order valence-electron chi connectivity index (χ4n) is 5.85. The zero-order chi connectivity index (χ0) is 31.2. The maximum atomic E-state index is 9.63. The smallest absolute Gasteiger partial charge is 0.227 e. The summed E-state index contributed by atoms with van der Waals surface area (Å²) in [6.45, 7) is 9.86. The lowest BCUT2D eigenvalue weighted by atomic mass is 10.0. The predicted octanol–water partition coefficient (Wildman–Crippen LogP) is 3.83. The lowest BCUT2D eigenvalue weighted by Gasteiger charge is -2.40. The van der Waals surface area contributed by atoms with E-state index in [4.69, 9.17) is 14.2 Å². The molecule has 6 rings (SSSR count). The minimum Gasteiger partial charge on any atom is -0.494 e. The molecule has 13 nitrogen and oxygen atoms in total. The number of nitrogens with zero attached hydrogens (tertiary/aromatic N) is 9. The highest BCUT2D eigenvalue weighted by Gasteiger charge is 2.26. The number of nitriles is 1. The maximum Gasteiger partial charge on any atom is 0.227 e. The standard InChI is InChI=1S/C32H38N10O3/c1-22(21-42-38-23(2)37-39-42)45-30-16-24(4-5-25(30)18-33)26-19-34-32(35-20-26)36-29-7-6-28(17-31(29)43-3)40-10-8-27(9-11-40)41-12-14-44-15-13-41/h4-7,16-17,19-20,22,27H,8-15,21H2,1-3H3,(H,34,35,36)/t22-/m0/s1. The fraction of sp³-hybridized carbons (Fsp3) is 0.438. The van der Waals surface area contributed by atoms with E-state index in [9.17, 15) is 5.26 Å². The van der Waals surface area contributed by atoms with Gasteiger partial charge in [0.25, 0.3) is 0 Å². The van der Waals surface area contributed by atoms with Crippen molar-refractivity contribution in [3.05, 3.63) is 60.2 Å². The second kappa shape index (κ2) is 13.9. The molecule has 0 amide bonds. The van der Waals surface area contributed by atoms with Crippen molar-refractivity contribution in [1.29, 1.82) is 5.26 Å². The number of hydrogen-bond acceptors (Lipinski definition) is 12. The van der Waals surface area contributed by atoms with Crippen LogP contribution in [0.15, 0.2) is 48.8 Å². The number of piperidine rings is 1. The monoisotopic (exact) mass is 610 g/mol. The average Bonchev–Trinajstić information content (AvgIpc) is 3.49. The Morgan fingerprint density at radius 3 is 2.49 bits per heavy atom. The summed E-state index contributed by atoms with van der Waals surface area (Å²) in [6.07, 6.45) is 5.49. The van der Waals surface area contributed by atoms with Crippen molar-refractivity contribution in [3.8, 4) is 28.7 Å². The van der Waals surface area contributed by atoms with Crippen molar-refractivity contribution in [2.24, 2.45) is 0 Å². The van der Waals surface area contributed by atoms with Gasteiger partial charge in [-0.2, -0.15) is 10.1 Å². The molecule has 2 aromatic heterocycles. The van der Waals surface area contributed by atoms with Crippen LogP contribution in [-0.4, -0.2) is 93.7 Å². The number of methoxy groups -OCH3 is 1. The molecule has 2 aliphatic rings. The van der Waals surface area contributed by atoms with E-state index in [-0.39, 0.29) is 6.10 Å². The van der Waals surface area contributed by atoms with E-state index in [1.165, 1.54) is 4.80 Å². The molecule has 0 bridgehead atoms. The predicted molar refractivity (Wildman–Crippen MR) is 169 cm³/mol. The number of rotatable bonds is 10. The molecule has 2 saturated heterocycles.